The van der Waals surface area contributed by atoms with Crippen LogP contribution in [0, 0.1) is 17.2 Å². The van der Waals surface area contributed by atoms with Crippen molar-refractivity contribution in [3.63, 3.8) is 0 Å². The molecule has 0 fully saturated rings. The Morgan fingerprint density at radius 2 is 2.44 bits per heavy atom. The zero-order valence-electron chi connectivity index (χ0n) is 9.46. The molecular weight excluding hydrogens is 220 g/mol. The second-order valence-electron chi connectivity index (χ2n) is 4.44. The van der Waals surface area contributed by atoms with E-state index in [0.29, 0.717) is 10.7 Å². The van der Waals surface area contributed by atoms with Crippen LogP contribution in [-0.4, -0.2) is 4.98 Å². The summed E-state index contributed by atoms with van der Waals surface area (Å²) < 4.78 is 0. The molecule has 16 heavy (non-hydrogen) atoms. The third-order valence-corrected chi connectivity index (χ3v) is 3.55. The molecule has 0 spiro atoms. The topological polar surface area (TPSA) is 36.7 Å². The van der Waals surface area contributed by atoms with Crippen molar-refractivity contribution in [1.29, 1.82) is 5.26 Å². The molecule has 1 aliphatic carbocycles. The quantitative estimate of drug-likeness (QED) is 0.735. The monoisotopic (exact) mass is 234 g/mol. The minimum absolute atomic E-state index is 0.357. The van der Waals surface area contributed by atoms with E-state index in [0.717, 1.165) is 24.5 Å². The van der Waals surface area contributed by atoms with Gasteiger partial charge in [-0.3, -0.25) is 0 Å². The maximum atomic E-state index is 8.91. The largest absolute Gasteiger partial charge is 0.239 e. The summed E-state index contributed by atoms with van der Waals surface area (Å²) in [5.41, 5.74) is 2.83. The minimum atomic E-state index is 0.357. The van der Waals surface area contributed by atoms with Gasteiger partial charge in [-0.2, -0.15) is 5.26 Å². The first-order valence-corrected chi connectivity index (χ1v) is 6.20. The van der Waals surface area contributed by atoms with Crippen molar-refractivity contribution in [2.75, 3.05) is 0 Å². The van der Waals surface area contributed by atoms with Crippen LogP contribution < -0.4 is 0 Å². The van der Waals surface area contributed by atoms with Gasteiger partial charge in [-0.05, 0) is 36.8 Å². The standard InChI is InChI=1S/C13H15ClN2/c1-2-3-9-4-5-12-10(6-9)7-11(8-15)13(14)16-12/h7,9H,2-6H2,1H3. The number of aryl methyl sites for hydroxylation is 1. The van der Waals surface area contributed by atoms with E-state index in [-0.39, 0.29) is 0 Å². The molecule has 0 saturated heterocycles. The van der Waals surface area contributed by atoms with E-state index >= 15 is 0 Å². The van der Waals surface area contributed by atoms with Gasteiger partial charge < -0.3 is 0 Å². The zero-order valence-corrected chi connectivity index (χ0v) is 10.2. The lowest BCUT2D eigenvalue weighted by molar-refractivity contribution is 0.418. The Morgan fingerprint density at radius 1 is 1.62 bits per heavy atom. The number of aromatic nitrogens is 1. The van der Waals surface area contributed by atoms with Crippen LogP contribution in [0.15, 0.2) is 6.07 Å². The summed E-state index contributed by atoms with van der Waals surface area (Å²) in [6.07, 6.45) is 5.76. The lowest BCUT2D eigenvalue weighted by Gasteiger charge is -2.23. The van der Waals surface area contributed by atoms with E-state index < -0.39 is 0 Å². The van der Waals surface area contributed by atoms with Crippen molar-refractivity contribution in [2.24, 2.45) is 5.92 Å². The van der Waals surface area contributed by atoms with E-state index in [4.69, 9.17) is 16.9 Å². The molecule has 1 aromatic rings. The van der Waals surface area contributed by atoms with Crippen LogP contribution in [0.25, 0.3) is 0 Å². The molecule has 2 rings (SSSR count). The van der Waals surface area contributed by atoms with Crippen LogP contribution in [0.1, 0.15) is 43.0 Å². The van der Waals surface area contributed by atoms with Crippen molar-refractivity contribution < 1.29 is 0 Å². The predicted molar refractivity (Wildman–Crippen MR) is 64.4 cm³/mol. The first-order chi connectivity index (χ1) is 7.74. The van der Waals surface area contributed by atoms with Gasteiger partial charge in [0.15, 0.2) is 0 Å². The van der Waals surface area contributed by atoms with Gasteiger partial charge in [0.1, 0.15) is 11.2 Å². The molecule has 3 heteroatoms. The van der Waals surface area contributed by atoms with Gasteiger partial charge in [-0.25, -0.2) is 4.98 Å². The second-order valence-corrected chi connectivity index (χ2v) is 4.80. The van der Waals surface area contributed by atoms with Crippen LogP contribution in [0.5, 0.6) is 0 Å². The molecule has 0 N–H and O–H groups in total. The fourth-order valence-corrected chi connectivity index (χ4v) is 2.65. The van der Waals surface area contributed by atoms with Crippen molar-refractivity contribution in [1.82, 2.24) is 4.98 Å². The van der Waals surface area contributed by atoms with Crippen LogP contribution >= 0.6 is 11.6 Å². The van der Waals surface area contributed by atoms with E-state index in [1.165, 1.54) is 24.8 Å². The number of fused-ring (bicyclic) bond motifs is 1. The number of rotatable bonds is 2. The third-order valence-electron chi connectivity index (χ3n) is 3.26. The van der Waals surface area contributed by atoms with Crippen LogP contribution in [-0.2, 0) is 12.8 Å². The van der Waals surface area contributed by atoms with Crippen LogP contribution in [0.2, 0.25) is 5.15 Å². The summed E-state index contributed by atoms with van der Waals surface area (Å²) in [4.78, 5) is 4.32. The van der Waals surface area contributed by atoms with Crippen molar-refractivity contribution in [3.8, 4) is 6.07 Å². The summed E-state index contributed by atoms with van der Waals surface area (Å²) >= 11 is 5.93. The van der Waals surface area contributed by atoms with Gasteiger partial charge in [0.05, 0.1) is 5.56 Å². The predicted octanol–water partition coefficient (Wildman–Crippen LogP) is 3.51. The van der Waals surface area contributed by atoms with Gasteiger partial charge in [0, 0.05) is 5.69 Å². The van der Waals surface area contributed by atoms with Crippen molar-refractivity contribution in [2.45, 2.75) is 39.0 Å². The third kappa shape index (κ3) is 2.20. The first kappa shape index (κ1) is 11.4. The highest BCUT2D eigenvalue weighted by molar-refractivity contribution is 6.30. The zero-order chi connectivity index (χ0) is 11.5. The molecule has 0 aromatic carbocycles. The normalized spacial score (nSPS) is 18.9. The molecule has 1 atom stereocenters. The molecule has 1 aliphatic rings. The molecule has 0 aliphatic heterocycles. The molecule has 84 valence electrons. The average Bonchev–Trinajstić information content (AvgIpc) is 2.29. The molecular formula is C13H15ClN2. The molecule has 0 radical (unpaired) electrons. The molecule has 1 heterocycles. The van der Waals surface area contributed by atoms with Crippen LogP contribution in [0.4, 0.5) is 0 Å². The Hall–Kier alpha value is -1.07. The van der Waals surface area contributed by atoms with Gasteiger partial charge >= 0.3 is 0 Å². The van der Waals surface area contributed by atoms with Gasteiger partial charge in [-0.1, -0.05) is 31.4 Å². The summed E-state index contributed by atoms with van der Waals surface area (Å²) in [5.74, 6) is 0.756. The smallest absolute Gasteiger partial charge is 0.147 e. The average molecular weight is 235 g/mol. The van der Waals surface area contributed by atoms with Crippen LogP contribution in [0.3, 0.4) is 0 Å². The minimum Gasteiger partial charge on any atom is -0.239 e. The number of pyridine rings is 1. The molecule has 0 bridgehead atoms. The molecule has 1 aromatic heterocycles. The van der Waals surface area contributed by atoms with E-state index in [1.807, 2.05) is 6.07 Å². The maximum Gasteiger partial charge on any atom is 0.147 e. The van der Waals surface area contributed by atoms with Gasteiger partial charge in [0.2, 0.25) is 0 Å². The summed E-state index contributed by atoms with van der Waals surface area (Å²) in [6, 6.07) is 4.02. The highest BCUT2D eigenvalue weighted by Crippen LogP contribution is 2.29. The molecule has 2 nitrogen and oxygen atoms in total. The maximum absolute atomic E-state index is 8.91. The fraction of sp³-hybridized carbons (Fsp3) is 0.538. The van der Waals surface area contributed by atoms with E-state index in [2.05, 4.69) is 18.0 Å². The van der Waals surface area contributed by atoms with Gasteiger partial charge in [-0.15, -0.1) is 0 Å². The molecule has 0 saturated carbocycles. The van der Waals surface area contributed by atoms with E-state index in [1.54, 1.807) is 0 Å². The number of hydrogen-bond donors (Lipinski definition) is 0. The number of hydrogen-bond acceptors (Lipinski definition) is 2. The Kier molecular flexibility index (Phi) is 3.46. The molecule has 1 unspecified atom stereocenters. The fourth-order valence-electron chi connectivity index (χ4n) is 2.45. The highest BCUT2D eigenvalue weighted by Gasteiger charge is 2.20. The van der Waals surface area contributed by atoms with Crippen molar-refractivity contribution in [3.05, 3.63) is 28.0 Å². The summed E-state index contributed by atoms with van der Waals surface area (Å²) in [6.45, 7) is 2.22. The second kappa shape index (κ2) is 4.84. The van der Waals surface area contributed by atoms with E-state index in [9.17, 15) is 0 Å². The highest BCUT2D eigenvalue weighted by atomic mass is 35.5. The summed E-state index contributed by atoms with van der Waals surface area (Å²) in [7, 11) is 0. The lowest BCUT2D eigenvalue weighted by atomic mass is 9.84. The number of nitrogens with zero attached hydrogens (tertiary/aromatic N) is 2. The summed E-state index contributed by atoms with van der Waals surface area (Å²) in [5, 5.41) is 9.27. The number of halogens is 1. The Balaban J connectivity index is 2.28. The first-order valence-electron chi connectivity index (χ1n) is 5.83. The lowest BCUT2D eigenvalue weighted by Crippen LogP contribution is -2.16. The Bertz CT molecular complexity index is 434. The Labute approximate surface area is 101 Å². The van der Waals surface area contributed by atoms with Crippen molar-refractivity contribution >= 4 is 11.6 Å². The SMILES string of the molecule is CCCC1CCc2nc(Cl)c(C#N)cc2C1. The number of nitriles is 1. The van der Waals surface area contributed by atoms with Gasteiger partial charge in [0.25, 0.3) is 0 Å². The Morgan fingerprint density at radius 3 is 3.12 bits per heavy atom. The molecule has 0 amide bonds.